The summed E-state index contributed by atoms with van der Waals surface area (Å²) >= 11 is 0. The molecule has 1 rings (SSSR count). The van der Waals surface area contributed by atoms with Gasteiger partial charge in [-0.15, -0.1) is 0 Å². The lowest BCUT2D eigenvalue weighted by atomic mass is 10.1. The van der Waals surface area contributed by atoms with Gasteiger partial charge in [0.2, 0.25) is 0 Å². The molecule has 122 valence electrons. The van der Waals surface area contributed by atoms with Crippen LogP contribution in [0.3, 0.4) is 0 Å². The molecule has 0 fully saturated rings. The standard InChI is InChI=1S/C16H23NO5/c1-3-21-15(19)10-13(16(20)22-4-2)17-14(11-18)12-8-6-5-7-9-12/h5-9,13-14,17-18H,3-4,10-11H2,1-2H3/t13-,14+/m0/s1/i13+1. The summed E-state index contributed by atoms with van der Waals surface area (Å²) in [5.74, 6) is -1.03. The van der Waals surface area contributed by atoms with Gasteiger partial charge >= 0.3 is 11.9 Å². The molecule has 6 heteroatoms. The van der Waals surface area contributed by atoms with E-state index in [1.54, 1.807) is 13.8 Å². The predicted octanol–water partition coefficient (Wildman–Crippen LogP) is 1.19. The Hall–Kier alpha value is -1.92. The van der Waals surface area contributed by atoms with E-state index in [9.17, 15) is 14.7 Å². The molecule has 0 aliphatic heterocycles. The fraction of sp³-hybridized carbons (Fsp3) is 0.500. The Labute approximate surface area is 130 Å². The largest absolute Gasteiger partial charge is 0.466 e. The maximum atomic E-state index is 12.0. The number of aliphatic hydroxyl groups excluding tert-OH is 1. The summed E-state index contributed by atoms with van der Waals surface area (Å²) in [6.07, 6.45) is -0.143. The average Bonchev–Trinajstić information content (AvgIpc) is 2.52. The van der Waals surface area contributed by atoms with Crippen molar-refractivity contribution in [3.8, 4) is 0 Å². The summed E-state index contributed by atoms with van der Waals surface area (Å²) in [5.41, 5.74) is 0.822. The van der Waals surface area contributed by atoms with Gasteiger partial charge in [0.25, 0.3) is 0 Å². The number of esters is 2. The molecule has 2 atom stereocenters. The molecule has 0 aliphatic rings. The van der Waals surface area contributed by atoms with Gasteiger partial charge in [0.1, 0.15) is 6.04 Å². The van der Waals surface area contributed by atoms with Gasteiger partial charge in [-0.25, -0.2) is 0 Å². The van der Waals surface area contributed by atoms with Crippen molar-refractivity contribution < 1.29 is 24.2 Å². The third-order valence-corrected chi connectivity index (χ3v) is 3.03. The smallest absolute Gasteiger partial charge is 0.323 e. The Morgan fingerprint density at radius 1 is 1.14 bits per heavy atom. The van der Waals surface area contributed by atoms with Gasteiger partial charge in [-0.05, 0) is 19.4 Å². The third kappa shape index (κ3) is 5.83. The second kappa shape index (κ2) is 9.92. The van der Waals surface area contributed by atoms with Gasteiger partial charge in [-0.2, -0.15) is 0 Å². The van der Waals surface area contributed by atoms with Gasteiger partial charge in [-0.3, -0.25) is 14.9 Å². The lowest BCUT2D eigenvalue weighted by Gasteiger charge is -2.23. The first-order valence-electron chi connectivity index (χ1n) is 7.36. The van der Waals surface area contributed by atoms with Crippen molar-refractivity contribution in [1.82, 2.24) is 5.32 Å². The number of carbonyl (C=O) groups is 2. The Morgan fingerprint density at radius 3 is 2.32 bits per heavy atom. The molecule has 0 aromatic heterocycles. The highest BCUT2D eigenvalue weighted by molar-refractivity contribution is 5.82. The minimum absolute atomic E-state index is 0.143. The number of rotatable bonds is 9. The number of benzene rings is 1. The molecule has 0 spiro atoms. The van der Waals surface area contributed by atoms with Gasteiger partial charge in [0.05, 0.1) is 32.3 Å². The van der Waals surface area contributed by atoms with Gasteiger partial charge in [0.15, 0.2) is 0 Å². The van der Waals surface area contributed by atoms with Crippen LogP contribution in [0.25, 0.3) is 0 Å². The van der Waals surface area contributed by atoms with E-state index in [2.05, 4.69) is 5.32 Å². The van der Waals surface area contributed by atoms with Crippen LogP contribution in [0.4, 0.5) is 0 Å². The minimum atomic E-state index is -0.864. The number of aliphatic hydroxyl groups is 1. The van der Waals surface area contributed by atoms with Crippen LogP contribution in [0.5, 0.6) is 0 Å². The molecule has 0 saturated carbocycles. The van der Waals surface area contributed by atoms with Crippen LogP contribution in [0, 0.1) is 0 Å². The van der Waals surface area contributed by atoms with Crippen molar-refractivity contribution in [3.05, 3.63) is 35.9 Å². The molecule has 22 heavy (non-hydrogen) atoms. The quantitative estimate of drug-likeness (QED) is 0.526. The van der Waals surface area contributed by atoms with E-state index >= 15 is 0 Å². The van der Waals surface area contributed by atoms with Crippen molar-refractivity contribution in [2.75, 3.05) is 19.8 Å². The molecule has 2 N–H and O–H groups in total. The lowest BCUT2D eigenvalue weighted by Crippen LogP contribution is -2.43. The van der Waals surface area contributed by atoms with E-state index in [0.717, 1.165) is 5.56 Å². The second-order valence-electron chi connectivity index (χ2n) is 4.63. The first-order chi connectivity index (χ1) is 10.6. The summed E-state index contributed by atoms with van der Waals surface area (Å²) in [4.78, 5) is 23.6. The summed E-state index contributed by atoms with van der Waals surface area (Å²) in [7, 11) is 0. The van der Waals surface area contributed by atoms with Gasteiger partial charge in [-0.1, -0.05) is 30.3 Å². The van der Waals surface area contributed by atoms with Crippen LogP contribution in [-0.2, 0) is 19.1 Å². The Balaban J connectivity index is 2.81. The second-order valence-corrected chi connectivity index (χ2v) is 4.63. The van der Waals surface area contributed by atoms with E-state index in [4.69, 9.17) is 9.47 Å². The van der Waals surface area contributed by atoms with E-state index in [0.29, 0.717) is 0 Å². The molecule has 0 heterocycles. The van der Waals surface area contributed by atoms with Gasteiger partial charge < -0.3 is 14.6 Å². The lowest BCUT2D eigenvalue weighted by molar-refractivity contribution is -0.152. The van der Waals surface area contributed by atoms with Gasteiger partial charge in [0, 0.05) is 0 Å². The van der Waals surface area contributed by atoms with E-state index in [1.165, 1.54) is 0 Å². The molecule has 0 unspecified atom stereocenters. The summed E-state index contributed by atoms with van der Waals surface area (Å²) in [5, 5.41) is 12.5. The molecular weight excluding hydrogens is 287 g/mol. The van der Waals surface area contributed by atoms with Crippen molar-refractivity contribution in [3.63, 3.8) is 0 Å². The Bertz CT molecular complexity index is 463. The van der Waals surface area contributed by atoms with Crippen molar-refractivity contribution in [2.45, 2.75) is 32.4 Å². The highest BCUT2D eigenvalue weighted by Gasteiger charge is 2.27. The topological polar surface area (TPSA) is 84.9 Å². The normalized spacial score (nSPS) is 13.2. The number of hydrogen-bond donors (Lipinski definition) is 2. The SMILES string of the molecule is CCOC(=O)C[13C@H](N[C@H](CO)c1ccccc1)C(=O)OCC. The summed E-state index contributed by atoms with van der Waals surface area (Å²) in [6, 6.07) is 7.87. The highest BCUT2D eigenvalue weighted by Crippen LogP contribution is 2.14. The zero-order valence-electron chi connectivity index (χ0n) is 13.0. The molecule has 1 aromatic carbocycles. The zero-order chi connectivity index (χ0) is 16.4. The van der Waals surface area contributed by atoms with Crippen LogP contribution in [-0.4, -0.2) is 42.9 Å². The maximum absolute atomic E-state index is 12.0. The van der Waals surface area contributed by atoms with Crippen molar-refractivity contribution in [1.29, 1.82) is 0 Å². The third-order valence-electron chi connectivity index (χ3n) is 3.03. The number of ether oxygens (including phenoxy) is 2. The van der Waals surface area contributed by atoms with E-state index in [-0.39, 0.29) is 26.2 Å². The van der Waals surface area contributed by atoms with Crippen LogP contribution < -0.4 is 5.32 Å². The fourth-order valence-electron chi connectivity index (χ4n) is 2.02. The summed E-state index contributed by atoms with van der Waals surface area (Å²) in [6.45, 7) is 3.65. The first-order valence-corrected chi connectivity index (χ1v) is 7.36. The van der Waals surface area contributed by atoms with Crippen LogP contribution in [0.15, 0.2) is 30.3 Å². The maximum Gasteiger partial charge on any atom is 0.323 e. The van der Waals surface area contributed by atoms with E-state index < -0.39 is 24.0 Å². The first kappa shape index (κ1) is 18.1. The molecule has 0 bridgehead atoms. The molecule has 0 saturated heterocycles. The predicted molar refractivity (Wildman–Crippen MR) is 81.1 cm³/mol. The number of carbonyl (C=O) groups excluding carboxylic acids is 2. The fourth-order valence-corrected chi connectivity index (χ4v) is 2.02. The molecule has 1 aromatic rings. The molecule has 0 amide bonds. The van der Waals surface area contributed by atoms with E-state index in [1.807, 2.05) is 30.3 Å². The van der Waals surface area contributed by atoms with Crippen LogP contribution >= 0.6 is 0 Å². The highest BCUT2D eigenvalue weighted by atomic mass is 16.5. The molecular formula is C16H23NO5. The van der Waals surface area contributed by atoms with Crippen molar-refractivity contribution in [2.24, 2.45) is 0 Å². The minimum Gasteiger partial charge on any atom is -0.466 e. The Kier molecular flexibility index (Phi) is 8.17. The van der Waals surface area contributed by atoms with Crippen molar-refractivity contribution >= 4 is 11.9 Å². The molecule has 6 nitrogen and oxygen atoms in total. The average molecular weight is 310 g/mol. The zero-order valence-corrected chi connectivity index (χ0v) is 13.0. The number of hydrogen-bond acceptors (Lipinski definition) is 6. The Morgan fingerprint density at radius 2 is 1.77 bits per heavy atom. The van der Waals surface area contributed by atoms with Crippen LogP contribution in [0.2, 0.25) is 0 Å². The van der Waals surface area contributed by atoms with Crippen LogP contribution in [0.1, 0.15) is 31.9 Å². The summed E-state index contributed by atoms with van der Waals surface area (Å²) < 4.78 is 9.85. The number of nitrogens with one attached hydrogen (secondary N) is 1. The monoisotopic (exact) mass is 310 g/mol. The molecule has 0 radical (unpaired) electrons. The molecule has 0 aliphatic carbocycles.